The number of β-amino-alcohol motifs (C(OH)–C–C–N with tert-alkyl or cyclic N) is 1. The van der Waals surface area contributed by atoms with Crippen LogP contribution in [0.15, 0.2) is 0 Å². The molecule has 0 aliphatic carbocycles. The van der Waals surface area contributed by atoms with Gasteiger partial charge in [0.1, 0.15) is 0 Å². The average molecular weight is 130 g/mol. The normalized spacial score (nSPS) is 36.0. The lowest BCUT2D eigenvalue weighted by Crippen LogP contribution is -2.37. The Morgan fingerprint density at radius 3 is 2.33 bits per heavy atom. The van der Waals surface area contributed by atoms with Crippen molar-refractivity contribution in [1.82, 2.24) is 10.2 Å². The number of hydrogen-bond acceptors (Lipinski definition) is 3. The van der Waals surface area contributed by atoms with Crippen molar-refractivity contribution in [3.63, 3.8) is 0 Å². The van der Waals surface area contributed by atoms with E-state index in [1.54, 1.807) is 0 Å². The molecule has 2 N–H and O–H groups in total. The summed E-state index contributed by atoms with van der Waals surface area (Å²) in [5.74, 6) is 0. The second-order valence-electron chi connectivity index (χ2n) is 2.76. The molecule has 0 aromatic heterocycles. The summed E-state index contributed by atoms with van der Waals surface area (Å²) >= 11 is 0. The molecule has 1 aliphatic heterocycles. The van der Waals surface area contributed by atoms with Gasteiger partial charge >= 0.3 is 0 Å². The zero-order valence-corrected chi connectivity index (χ0v) is 5.96. The largest absolute Gasteiger partial charge is 0.390 e. The molecule has 54 valence electrons. The number of hydrogen-bond donors (Lipinski definition) is 2. The second-order valence-corrected chi connectivity index (χ2v) is 2.76. The first-order valence-corrected chi connectivity index (χ1v) is 3.27. The Morgan fingerprint density at radius 1 is 1.44 bits per heavy atom. The minimum Gasteiger partial charge on any atom is -0.390 e. The van der Waals surface area contributed by atoms with Gasteiger partial charge in [-0.05, 0) is 14.1 Å². The second kappa shape index (κ2) is 2.64. The Labute approximate surface area is 55.7 Å². The van der Waals surface area contributed by atoms with E-state index in [0.29, 0.717) is 6.04 Å². The summed E-state index contributed by atoms with van der Waals surface area (Å²) in [5, 5.41) is 12.4. The summed E-state index contributed by atoms with van der Waals surface area (Å²) in [4.78, 5) is 2.05. The SMILES string of the molecule is CN(C)[C@H]1CNC[C@H]1O. The first-order valence-electron chi connectivity index (χ1n) is 3.27. The van der Waals surface area contributed by atoms with E-state index in [9.17, 15) is 5.11 Å². The predicted octanol–water partition coefficient (Wildman–Crippen LogP) is -1.12. The van der Waals surface area contributed by atoms with Crippen molar-refractivity contribution in [1.29, 1.82) is 0 Å². The standard InChI is InChI=1S/C6H14N2O/c1-8(2)5-3-7-4-6(5)9/h5-7,9H,3-4H2,1-2H3/t5-,6+/m0/s1. The third kappa shape index (κ3) is 1.41. The molecule has 1 fully saturated rings. The van der Waals surface area contributed by atoms with Crippen molar-refractivity contribution < 1.29 is 5.11 Å². The summed E-state index contributed by atoms with van der Waals surface area (Å²) in [6.07, 6.45) is -0.181. The molecular formula is C6H14N2O. The van der Waals surface area contributed by atoms with E-state index in [0.717, 1.165) is 13.1 Å². The monoisotopic (exact) mass is 130 g/mol. The molecule has 0 aromatic rings. The van der Waals surface area contributed by atoms with Crippen LogP contribution in [0.1, 0.15) is 0 Å². The molecule has 3 nitrogen and oxygen atoms in total. The summed E-state index contributed by atoms with van der Waals surface area (Å²) in [7, 11) is 3.97. The molecule has 0 radical (unpaired) electrons. The van der Waals surface area contributed by atoms with Gasteiger partial charge in [-0.3, -0.25) is 0 Å². The van der Waals surface area contributed by atoms with E-state index in [-0.39, 0.29) is 6.10 Å². The molecule has 0 spiro atoms. The van der Waals surface area contributed by atoms with Gasteiger partial charge in [0.2, 0.25) is 0 Å². The van der Waals surface area contributed by atoms with Crippen LogP contribution in [0.4, 0.5) is 0 Å². The molecule has 1 saturated heterocycles. The highest BCUT2D eigenvalue weighted by molar-refractivity contribution is 4.85. The van der Waals surface area contributed by atoms with Crippen LogP contribution < -0.4 is 5.32 Å². The number of likely N-dealkylation sites (N-methyl/N-ethyl adjacent to an activating group) is 1. The highest BCUT2D eigenvalue weighted by atomic mass is 16.3. The van der Waals surface area contributed by atoms with Crippen LogP contribution in [-0.4, -0.2) is 49.3 Å². The molecule has 0 saturated carbocycles. The third-order valence-electron chi connectivity index (χ3n) is 1.81. The molecule has 0 bridgehead atoms. The molecule has 0 unspecified atom stereocenters. The Kier molecular flexibility index (Phi) is 2.05. The number of rotatable bonds is 1. The van der Waals surface area contributed by atoms with E-state index in [2.05, 4.69) is 5.32 Å². The molecule has 1 aliphatic rings. The Morgan fingerprint density at radius 2 is 2.11 bits per heavy atom. The van der Waals surface area contributed by atoms with Gasteiger partial charge < -0.3 is 15.3 Å². The third-order valence-corrected chi connectivity index (χ3v) is 1.81. The van der Waals surface area contributed by atoms with Crippen molar-refractivity contribution in [2.45, 2.75) is 12.1 Å². The summed E-state index contributed by atoms with van der Waals surface area (Å²) < 4.78 is 0. The maximum Gasteiger partial charge on any atom is 0.0831 e. The number of nitrogens with zero attached hydrogens (tertiary/aromatic N) is 1. The smallest absolute Gasteiger partial charge is 0.0831 e. The van der Waals surface area contributed by atoms with Gasteiger partial charge in [0, 0.05) is 19.1 Å². The minimum atomic E-state index is -0.181. The van der Waals surface area contributed by atoms with Gasteiger partial charge in [-0.2, -0.15) is 0 Å². The molecule has 3 heteroatoms. The average Bonchev–Trinajstić information content (AvgIpc) is 2.13. The highest BCUT2D eigenvalue weighted by Crippen LogP contribution is 2.03. The van der Waals surface area contributed by atoms with Gasteiger partial charge in [0.05, 0.1) is 6.10 Å². The lowest BCUT2D eigenvalue weighted by molar-refractivity contribution is 0.114. The van der Waals surface area contributed by atoms with Crippen molar-refractivity contribution in [2.24, 2.45) is 0 Å². The van der Waals surface area contributed by atoms with Gasteiger partial charge in [-0.25, -0.2) is 0 Å². The van der Waals surface area contributed by atoms with Gasteiger partial charge in [-0.1, -0.05) is 0 Å². The first kappa shape index (κ1) is 6.99. The quantitative estimate of drug-likeness (QED) is 0.472. The van der Waals surface area contributed by atoms with Crippen LogP contribution in [-0.2, 0) is 0 Å². The van der Waals surface area contributed by atoms with E-state index >= 15 is 0 Å². The fourth-order valence-corrected chi connectivity index (χ4v) is 1.18. The molecule has 1 heterocycles. The zero-order chi connectivity index (χ0) is 6.85. The van der Waals surface area contributed by atoms with Crippen molar-refractivity contribution in [3.8, 4) is 0 Å². The van der Waals surface area contributed by atoms with Crippen LogP contribution in [0.2, 0.25) is 0 Å². The van der Waals surface area contributed by atoms with Crippen LogP contribution in [0, 0.1) is 0 Å². The fourth-order valence-electron chi connectivity index (χ4n) is 1.18. The number of aliphatic hydroxyl groups excluding tert-OH is 1. The Hall–Kier alpha value is -0.120. The molecule has 0 amide bonds. The van der Waals surface area contributed by atoms with E-state index in [1.165, 1.54) is 0 Å². The van der Waals surface area contributed by atoms with Crippen molar-refractivity contribution in [2.75, 3.05) is 27.2 Å². The maximum atomic E-state index is 9.26. The first-order chi connectivity index (χ1) is 4.22. The Balaban J connectivity index is 2.40. The molecular weight excluding hydrogens is 116 g/mol. The van der Waals surface area contributed by atoms with E-state index in [1.807, 2.05) is 19.0 Å². The maximum absolute atomic E-state index is 9.26. The molecule has 9 heavy (non-hydrogen) atoms. The molecule has 1 rings (SSSR count). The van der Waals surface area contributed by atoms with Gasteiger partial charge in [-0.15, -0.1) is 0 Å². The molecule has 0 aromatic carbocycles. The lowest BCUT2D eigenvalue weighted by Gasteiger charge is -2.20. The summed E-state index contributed by atoms with van der Waals surface area (Å²) in [6, 6.07) is 0.310. The van der Waals surface area contributed by atoms with Crippen LogP contribution in [0.3, 0.4) is 0 Å². The molecule has 2 atom stereocenters. The Bertz CT molecular complexity index is 95.1. The lowest BCUT2D eigenvalue weighted by atomic mass is 10.2. The van der Waals surface area contributed by atoms with Crippen LogP contribution >= 0.6 is 0 Å². The topological polar surface area (TPSA) is 35.5 Å². The summed E-state index contributed by atoms with van der Waals surface area (Å²) in [5.41, 5.74) is 0. The fraction of sp³-hybridized carbons (Fsp3) is 1.00. The number of nitrogens with one attached hydrogen (secondary N) is 1. The van der Waals surface area contributed by atoms with Crippen molar-refractivity contribution >= 4 is 0 Å². The zero-order valence-electron chi connectivity index (χ0n) is 5.96. The minimum absolute atomic E-state index is 0.181. The predicted molar refractivity (Wildman–Crippen MR) is 36.4 cm³/mol. The van der Waals surface area contributed by atoms with Gasteiger partial charge in [0.25, 0.3) is 0 Å². The van der Waals surface area contributed by atoms with Crippen LogP contribution in [0.5, 0.6) is 0 Å². The van der Waals surface area contributed by atoms with Crippen molar-refractivity contribution in [3.05, 3.63) is 0 Å². The van der Waals surface area contributed by atoms with E-state index in [4.69, 9.17) is 0 Å². The van der Waals surface area contributed by atoms with Crippen LogP contribution in [0.25, 0.3) is 0 Å². The number of aliphatic hydroxyl groups is 1. The van der Waals surface area contributed by atoms with Gasteiger partial charge in [0.15, 0.2) is 0 Å². The van der Waals surface area contributed by atoms with E-state index < -0.39 is 0 Å². The summed E-state index contributed by atoms with van der Waals surface area (Å²) in [6.45, 7) is 1.65. The highest BCUT2D eigenvalue weighted by Gasteiger charge is 2.25.